The minimum Gasteiger partial charge on any atom is -0.454 e. The van der Waals surface area contributed by atoms with Crippen LogP contribution in [0.3, 0.4) is 0 Å². The molecule has 0 amide bonds. The van der Waals surface area contributed by atoms with Gasteiger partial charge in [-0.3, -0.25) is 14.5 Å². The van der Waals surface area contributed by atoms with E-state index in [1.807, 2.05) is 23.0 Å². The molecule has 4 aromatic heterocycles. The summed E-state index contributed by atoms with van der Waals surface area (Å²) >= 11 is 0. The van der Waals surface area contributed by atoms with Gasteiger partial charge in [-0.05, 0) is 32.0 Å². The van der Waals surface area contributed by atoms with Gasteiger partial charge in [0.1, 0.15) is 11.1 Å². The van der Waals surface area contributed by atoms with E-state index >= 15 is 0 Å². The monoisotopic (exact) mass is 394 g/mol. The molecule has 0 saturated carbocycles. The number of pyridine rings is 2. The van der Waals surface area contributed by atoms with Gasteiger partial charge >= 0.3 is 0 Å². The summed E-state index contributed by atoms with van der Waals surface area (Å²) in [5.74, 6) is 0. The van der Waals surface area contributed by atoms with Crippen LogP contribution in [-0.4, -0.2) is 19.7 Å². The average Bonchev–Trinajstić information content (AvgIpc) is 3.32. The maximum Gasteiger partial charge on any atom is 0.182 e. The summed E-state index contributed by atoms with van der Waals surface area (Å²) in [5.41, 5.74) is 5.52. The lowest BCUT2D eigenvalue weighted by molar-refractivity contribution is 0.547. The lowest BCUT2D eigenvalue weighted by Crippen LogP contribution is -2.03. The molecule has 0 saturated heterocycles. The number of fused-ring (bicyclic) bond motifs is 5. The van der Waals surface area contributed by atoms with Gasteiger partial charge in [0.05, 0.1) is 5.52 Å². The lowest BCUT2D eigenvalue weighted by atomic mass is 9.99. The summed E-state index contributed by atoms with van der Waals surface area (Å²) < 4.78 is 8.27. The van der Waals surface area contributed by atoms with Crippen molar-refractivity contribution >= 4 is 44.0 Å². The second-order valence-electron chi connectivity index (χ2n) is 7.78. The summed E-state index contributed by atoms with van der Waals surface area (Å²) in [6.45, 7) is 4.22. The van der Waals surface area contributed by atoms with Crippen LogP contribution in [0.5, 0.6) is 0 Å². The van der Waals surface area contributed by atoms with Crippen molar-refractivity contribution in [2.75, 3.05) is 0 Å². The number of hydrogen-bond donors (Lipinski definition) is 1. The van der Waals surface area contributed by atoms with Crippen LogP contribution in [-0.2, 0) is 0 Å². The van der Waals surface area contributed by atoms with E-state index in [-0.39, 0.29) is 11.5 Å². The minimum atomic E-state index is -0.0838. The SMILES string of the molecule is CC(C)n1[nH]cc2c(-c3cccc4cccnc34)c3oc4cc(=O)ccc4c3nc21. The first-order valence-corrected chi connectivity index (χ1v) is 9.92. The van der Waals surface area contributed by atoms with Crippen molar-refractivity contribution in [1.29, 1.82) is 0 Å². The maximum atomic E-state index is 11.9. The normalized spacial score (nSPS) is 12.1. The van der Waals surface area contributed by atoms with Crippen LogP contribution in [0.15, 0.2) is 70.1 Å². The summed E-state index contributed by atoms with van der Waals surface area (Å²) in [5, 5.41) is 6.17. The molecule has 1 N–H and O–H groups in total. The first-order valence-electron chi connectivity index (χ1n) is 9.92. The Morgan fingerprint density at radius 3 is 2.77 bits per heavy atom. The zero-order valence-electron chi connectivity index (χ0n) is 16.5. The zero-order valence-corrected chi connectivity index (χ0v) is 16.5. The fourth-order valence-corrected chi connectivity index (χ4v) is 4.23. The van der Waals surface area contributed by atoms with E-state index in [4.69, 9.17) is 9.40 Å². The van der Waals surface area contributed by atoms with Gasteiger partial charge in [-0.2, -0.15) is 0 Å². The van der Waals surface area contributed by atoms with Crippen molar-refractivity contribution in [2.24, 2.45) is 0 Å². The maximum absolute atomic E-state index is 11.9. The number of hydrogen-bond acceptors (Lipinski definition) is 4. The van der Waals surface area contributed by atoms with Gasteiger partial charge in [-0.1, -0.05) is 24.3 Å². The topological polar surface area (TPSA) is 76.7 Å². The highest BCUT2D eigenvalue weighted by molar-refractivity contribution is 6.17. The van der Waals surface area contributed by atoms with Gasteiger partial charge in [-0.25, -0.2) is 4.98 Å². The first-order chi connectivity index (χ1) is 14.6. The Bertz CT molecular complexity index is 1650. The van der Waals surface area contributed by atoms with Crippen LogP contribution in [0.25, 0.3) is 55.1 Å². The second-order valence-corrected chi connectivity index (χ2v) is 7.78. The van der Waals surface area contributed by atoms with E-state index in [1.165, 1.54) is 6.07 Å². The highest BCUT2D eigenvalue weighted by Gasteiger charge is 2.22. The van der Waals surface area contributed by atoms with Crippen molar-refractivity contribution in [3.05, 3.63) is 71.1 Å². The number of para-hydroxylation sites is 1. The van der Waals surface area contributed by atoms with Crippen molar-refractivity contribution < 1.29 is 4.42 Å². The van der Waals surface area contributed by atoms with Crippen LogP contribution in [0.1, 0.15) is 19.9 Å². The fourth-order valence-electron chi connectivity index (χ4n) is 4.23. The Labute approximate surface area is 170 Å². The van der Waals surface area contributed by atoms with Gasteiger partial charge in [-0.15, -0.1) is 0 Å². The summed E-state index contributed by atoms with van der Waals surface area (Å²) in [6.07, 6.45) is 3.76. The van der Waals surface area contributed by atoms with E-state index in [2.05, 4.69) is 42.1 Å². The van der Waals surface area contributed by atoms with Crippen molar-refractivity contribution in [1.82, 2.24) is 19.7 Å². The van der Waals surface area contributed by atoms with Crippen LogP contribution in [0, 0.1) is 0 Å². The number of aromatic amines is 1. The number of nitrogens with one attached hydrogen (secondary N) is 1. The molecule has 30 heavy (non-hydrogen) atoms. The molecule has 0 unspecified atom stereocenters. The molecule has 6 nitrogen and oxygen atoms in total. The smallest absolute Gasteiger partial charge is 0.182 e. The molecule has 0 bridgehead atoms. The molecule has 0 radical (unpaired) electrons. The standard InChI is InChI=1S/C24H18N4O2/c1-13(2)28-24-18(12-26-28)20(17-7-3-5-14-6-4-10-25-21(14)17)23-22(27-24)16-9-8-15(29)11-19(16)30-23/h3-13,26H,1-2H3. The summed E-state index contributed by atoms with van der Waals surface area (Å²) in [7, 11) is 0. The molecule has 4 heterocycles. The number of furan rings is 1. The Morgan fingerprint density at radius 2 is 1.90 bits per heavy atom. The zero-order chi connectivity index (χ0) is 20.4. The van der Waals surface area contributed by atoms with E-state index in [0.717, 1.165) is 44.0 Å². The quantitative estimate of drug-likeness (QED) is 0.425. The molecule has 0 aliphatic heterocycles. The van der Waals surface area contributed by atoms with Gasteiger partial charge in [0, 0.05) is 51.8 Å². The van der Waals surface area contributed by atoms with Crippen LogP contribution < -0.4 is 5.43 Å². The predicted octanol–water partition coefficient (Wildman–Crippen LogP) is 5.42. The van der Waals surface area contributed by atoms with Crippen molar-refractivity contribution in [2.45, 2.75) is 19.9 Å². The molecule has 6 heteroatoms. The largest absolute Gasteiger partial charge is 0.454 e. The Kier molecular flexibility index (Phi) is 3.41. The third-order valence-electron chi connectivity index (χ3n) is 5.58. The molecule has 146 valence electrons. The number of H-pyrrole nitrogens is 1. The van der Waals surface area contributed by atoms with Crippen LogP contribution in [0.2, 0.25) is 0 Å². The lowest BCUT2D eigenvalue weighted by Gasteiger charge is -2.11. The minimum absolute atomic E-state index is 0.0838. The van der Waals surface area contributed by atoms with E-state index < -0.39 is 0 Å². The Balaban J connectivity index is 1.87. The highest BCUT2D eigenvalue weighted by atomic mass is 16.3. The predicted molar refractivity (Wildman–Crippen MR) is 119 cm³/mol. The third kappa shape index (κ3) is 2.27. The van der Waals surface area contributed by atoms with E-state index in [1.54, 1.807) is 18.3 Å². The molecule has 0 fully saturated rings. The molecular weight excluding hydrogens is 376 g/mol. The average molecular weight is 394 g/mol. The van der Waals surface area contributed by atoms with E-state index in [9.17, 15) is 4.79 Å². The van der Waals surface area contributed by atoms with Gasteiger partial charge in [0.25, 0.3) is 0 Å². The molecule has 2 aromatic carbocycles. The second kappa shape index (κ2) is 6.03. The van der Waals surface area contributed by atoms with Crippen LogP contribution >= 0.6 is 0 Å². The summed E-state index contributed by atoms with van der Waals surface area (Å²) in [4.78, 5) is 21.5. The summed E-state index contributed by atoms with van der Waals surface area (Å²) in [6, 6.07) is 15.2. The number of benzene rings is 2. The van der Waals surface area contributed by atoms with E-state index in [0.29, 0.717) is 11.2 Å². The molecule has 0 aliphatic rings. The first kappa shape index (κ1) is 17.0. The van der Waals surface area contributed by atoms with Gasteiger partial charge < -0.3 is 9.52 Å². The fraction of sp³-hybridized carbons (Fsp3) is 0.125. The molecule has 0 spiro atoms. The molecule has 6 rings (SSSR count). The van der Waals surface area contributed by atoms with Crippen LogP contribution in [0.4, 0.5) is 0 Å². The Morgan fingerprint density at radius 1 is 1.03 bits per heavy atom. The highest BCUT2D eigenvalue weighted by Crippen LogP contribution is 2.41. The van der Waals surface area contributed by atoms with Crippen molar-refractivity contribution in [3.8, 4) is 11.1 Å². The number of nitrogens with zero attached hydrogens (tertiary/aromatic N) is 3. The molecule has 0 atom stereocenters. The third-order valence-corrected chi connectivity index (χ3v) is 5.58. The van der Waals surface area contributed by atoms with Gasteiger partial charge in [0.15, 0.2) is 16.7 Å². The van der Waals surface area contributed by atoms with Gasteiger partial charge in [0.2, 0.25) is 0 Å². The number of aromatic nitrogens is 4. The molecule has 6 aromatic rings. The molecular formula is C24H18N4O2. The molecule has 0 aliphatic carbocycles. The van der Waals surface area contributed by atoms with Crippen molar-refractivity contribution in [3.63, 3.8) is 0 Å². The Hall–Kier alpha value is -3.93. The number of rotatable bonds is 2.